The number of rotatable bonds is 6. The zero-order chi connectivity index (χ0) is 18.8. The molecular formula is C18H25NO5S. The second-order valence-electron chi connectivity index (χ2n) is 6.73. The van der Waals surface area contributed by atoms with Crippen molar-refractivity contribution in [3.8, 4) is 0 Å². The Morgan fingerprint density at radius 3 is 2.32 bits per heavy atom. The van der Waals surface area contributed by atoms with Gasteiger partial charge in [-0.1, -0.05) is 17.7 Å². The number of hydrogen-bond donors (Lipinski definition) is 1. The summed E-state index contributed by atoms with van der Waals surface area (Å²) in [6.45, 7) is 5.43. The van der Waals surface area contributed by atoms with E-state index in [4.69, 9.17) is 4.74 Å². The van der Waals surface area contributed by atoms with Crippen LogP contribution in [0.15, 0.2) is 17.0 Å². The molecule has 1 saturated carbocycles. The van der Waals surface area contributed by atoms with Gasteiger partial charge in [-0.3, -0.25) is 9.59 Å². The van der Waals surface area contributed by atoms with Gasteiger partial charge in [-0.25, -0.2) is 13.1 Å². The Bertz CT molecular complexity index is 777. The lowest BCUT2D eigenvalue weighted by atomic mass is 9.82. The Balaban J connectivity index is 2.18. The monoisotopic (exact) mass is 367 g/mol. The number of nitrogens with one attached hydrogen (secondary N) is 1. The van der Waals surface area contributed by atoms with Crippen LogP contribution >= 0.6 is 0 Å². The van der Waals surface area contributed by atoms with Gasteiger partial charge >= 0.3 is 5.97 Å². The maximum Gasteiger partial charge on any atom is 0.319 e. The molecule has 7 heteroatoms. The predicted octanol–water partition coefficient (Wildman–Crippen LogP) is 2.19. The van der Waals surface area contributed by atoms with Gasteiger partial charge in [0.2, 0.25) is 10.0 Å². The molecular weight excluding hydrogens is 342 g/mol. The van der Waals surface area contributed by atoms with Crippen molar-refractivity contribution in [1.29, 1.82) is 0 Å². The summed E-state index contributed by atoms with van der Waals surface area (Å²) in [7, 11) is -2.47. The summed E-state index contributed by atoms with van der Waals surface area (Å²) >= 11 is 0. The number of ketones is 1. The van der Waals surface area contributed by atoms with Crippen molar-refractivity contribution in [3.05, 3.63) is 28.8 Å². The van der Waals surface area contributed by atoms with Crippen LogP contribution < -0.4 is 4.72 Å². The minimum absolute atomic E-state index is 0.00985. The maximum absolute atomic E-state index is 12.7. The first-order valence-corrected chi connectivity index (χ1v) is 9.81. The second-order valence-corrected chi connectivity index (χ2v) is 8.43. The van der Waals surface area contributed by atoms with E-state index in [-0.39, 0.29) is 23.6 Å². The first kappa shape index (κ1) is 19.6. The van der Waals surface area contributed by atoms with Crippen LogP contribution in [0.3, 0.4) is 0 Å². The number of hydrogen-bond acceptors (Lipinski definition) is 5. The third kappa shape index (κ3) is 3.77. The van der Waals surface area contributed by atoms with Crippen molar-refractivity contribution >= 4 is 21.8 Å². The molecule has 0 amide bonds. The average molecular weight is 367 g/mol. The molecule has 1 aliphatic rings. The van der Waals surface area contributed by atoms with E-state index in [0.717, 1.165) is 5.56 Å². The van der Waals surface area contributed by atoms with Crippen molar-refractivity contribution in [2.75, 3.05) is 13.7 Å². The minimum atomic E-state index is -3.72. The zero-order valence-electron chi connectivity index (χ0n) is 15.1. The van der Waals surface area contributed by atoms with Crippen molar-refractivity contribution in [2.45, 2.75) is 51.3 Å². The van der Waals surface area contributed by atoms with Gasteiger partial charge in [-0.2, -0.15) is 0 Å². The van der Waals surface area contributed by atoms with Crippen LogP contribution in [0.2, 0.25) is 0 Å². The van der Waals surface area contributed by atoms with E-state index in [1.54, 1.807) is 13.8 Å². The van der Waals surface area contributed by atoms with Crippen molar-refractivity contribution in [1.82, 2.24) is 4.72 Å². The molecule has 25 heavy (non-hydrogen) atoms. The number of methoxy groups -OCH3 is 1. The quantitative estimate of drug-likeness (QED) is 0.615. The van der Waals surface area contributed by atoms with Gasteiger partial charge < -0.3 is 4.74 Å². The fourth-order valence-electron chi connectivity index (χ4n) is 3.77. The molecule has 2 rings (SSSR count). The number of carbonyl (C=O) groups is 2. The number of ether oxygens (including phenoxy) is 1. The highest BCUT2D eigenvalue weighted by molar-refractivity contribution is 7.89. The predicted molar refractivity (Wildman–Crippen MR) is 93.8 cm³/mol. The molecule has 0 heterocycles. The first-order valence-electron chi connectivity index (χ1n) is 8.33. The Kier molecular flexibility index (Phi) is 5.68. The van der Waals surface area contributed by atoms with Gasteiger partial charge in [0.15, 0.2) is 0 Å². The van der Waals surface area contributed by atoms with Gasteiger partial charge in [-0.15, -0.1) is 0 Å². The molecule has 1 aliphatic carbocycles. The first-order chi connectivity index (χ1) is 11.6. The lowest BCUT2D eigenvalue weighted by molar-refractivity contribution is -0.156. The van der Waals surface area contributed by atoms with E-state index < -0.39 is 21.4 Å². The summed E-state index contributed by atoms with van der Waals surface area (Å²) in [6, 6.07) is 3.63. The smallest absolute Gasteiger partial charge is 0.319 e. The molecule has 1 unspecified atom stereocenters. The second kappa shape index (κ2) is 7.25. The SMILES string of the molecule is COC(=O)C1(CCNS(=O)(=O)c2c(C)cc(C)cc2C)CCCC1=O. The van der Waals surface area contributed by atoms with E-state index in [1.165, 1.54) is 7.11 Å². The summed E-state index contributed by atoms with van der Waals surface area (Å²) in [6.07, 6.45) is 1.47. The fraction of sp³-hybridized carbons (Fsp3) is 0.556. The largest absolute Gasteiger partial charge is 0.468 e. The Labute approximate surface area is 149 Å². The maximum atomic E-state index is 12.7. The van der Waals surface area contributed by atoms with Gasteiger partial charge in [0.25, 0.3) is 0 Å². The molecule has 1 atom stereocenters. The van der Waals surface area contributed by atoms with Crippen LogP contribution in [0.5, 0.6) is 0 Å². The number of carbonyl (C=O) groups excluding carboxylic acids is 2. The zero-order valence-corrected chi connectivity index (χ0v) is 16.0. The number of sulfonamides is 1. The minimum Gasteiger partial charge on any atom is -0.468 e. The summed E-state index contributed by atoms with van der Waals surface area (Å²) in [5.41, 5.74) is 1.12. The van der Waals surface area contributed by atoms with E-state index in [9.17, 15) is 18.0 Å². The average Bonchev–Trinajstić information content (AvgIpc) is 2.87. The standard InChI is InChI=1S/C18H25NO5S/c1-12-10-13(2)16(14(3)11-12)25(22,23)19-9-8-18(17(21)24-4)7-5-6-15(18)20/h10-11,19H,5-9H2,1-4H3. The topological polar surface area (TPSA) is 89.5 Å². The molecule has 1 aromatic carbocycles. The number of aryl methyl sites for hydroxylation is 3. The van der Waals surface area contributed by atoms with Crippen molar-refractivity contribution in [2.24, 2.45) is 5.41 Å². The molecule has 0 radical (unpaired) electrons. The summed E-state index contributed by atoms with van der Waals surface area (Å²) in [4.78, 5) is 24.5. The number of esters is 1. The molecule has 1 fully saturated rings. The molecule has 138 valence electrons. The number of benzene rings is 1. The highest BCUT2D eigenvalue weighted by atomic mass is 32.2. The van der Waals surface area contributed by atoms with Crippen LogP contribution in [0, 0.1) is 26.2 Å². The van der Waals surface area contributed by atoms with Gasteiger partial charge in [0, 0.05) is 13.0 Å². The highest BCUT2D eigenvalue weighted by Gasteiger charge is 2.49. The lowest BCUT2D eigenvalue weighted by Crippen LogP contribution is -2.40. The van der Waals surface area contributed by atoms with Crippen LogP contribution in [0.25, 0.3) is 0 Å². The van der Waals surface area contributed by atoms with Crippen LogP contribution in [-0.4, -0.2) is 33.8 Å². The third-order valence-corrected chi connectivity index (χ3v) is 6.60. The Morgan fingerprint density at radius 1 is 1.24 bits per heavy atom. The molecule has 0 aliphatic heterocycles. The van der Waals surface area contributed by atoms with Crippen LogP contribution in [0.4, 0.5) is 0 Å². The molecule has 1 aromatic rings. The normalized spacial score (nSPS) is 20.7. The van der Waals surface area contributed by atoms with Crippen LogP contribution in [-0.2, 0) is 24.3 Å². The Hall–Kier alpha value is -1.73. The summed E-state index contributed by atoms with van der Waals surface area (Å²) < 4.78 is 32.7. The molecule has 0 bridgehead atoms. The molecule has 0 aromatic heterocycles. The lowest BCUT2D eigenvalue weighted by Gasteiger charge is -2.24. The van der Waals surface area contributed by atoms with E-state index in [1.807, 2.05) is 19.1 Å². The number of Topliss-reactive ketones (excluding diaryl/α,β-unsaturated/α-hetero) is 1. The van der Waals surface area contributed by atoms with Gasteiger partial charge in [-0.05, 0) is 51.2 Å². The highest BCUT2D eigenvalue weighted by Crippen LogP contribution is 2.39. The molecule has 0 spiro atoms. The van der Waals surface area contributed by atoms with Crippen molar-refractivity contribution in [3.63, 3.8) is 0 Å². The van der Waals surface area contributed by atoms with Crippen molar-refractivity contribution < 1.29 is 22.7 Å². The molecule has 6 nitrogen and oxygen atoms in total. The molecule has 1 N–H and O–H groups in total. The van der Waals surface area contributed by atoms with Gasteiger partial charge in [0.05, 0.1) is 12.0 Å². The van der Waals surface area contributed by atoms with E-state index in [0.29, 0.717) is 30.4 Å². The third-order valence-electron chi connectivity index (χ3n) is 4.83. The van der Waals surface area contributed by atoms with E-state index >= 15 is 0 Å². The van der Waals surface area contributed by atoms with E-state index in [2.05, 4.69) is 4.72 Å². The molecule has 0 saturated heterocycles. The summed E-state index contributed by atoms with van der Waals surface area (Å²) in [5.74, 6) is -0.738. The summed E-state index contributed by atoms with van der Waals surface area (Å²) in [5, 5.41) is 0. The fourth-order valence-corrected chi connectivity index (χ4v) is 5.25. The van der Waals surface area contributed by atoms with Crippen LogP contribution in [0.1, 0.15) is 42.4 Å². The van der Waals surface area contributed by atoms with Gasteiger partial charge in [0.1, 0.15) is 11.2 Å². The Morgan fingerprint density at radius 2 is 1.84 bits per heavy atom.